The maximum absolute atomic E-state index is 12.2. The zero-order chi connectivity index (χ0) is 11.4. The van der Waals surface area contributed by atoms with Crippen LogP contribution >= 0.6 is 11.8 Å². The Morgan fingerprint density at radius 2 is 2.12 bits per heavy atom. The summed E-state index contributed by atoms with van der Waals surface area (Å²) in [6.07, 6.45) is 4.31. The number of hydrogen-bond acceptors (Lipinski definition) is 2. The fraction of sp³-hybridized carbons (Fsp3) is 0.357. The Morgan fingerprint density at radius 3 is 2.75 bits per heavy atom. The minimum atomic E-state index is -0.360. The van der Waals surface area contributed by atoms with Gasteiger partial charge in [-0.15, -0.1) is 18.3 Å². The molecule has 1 aromatic carbocycles. The van der Waals surface area contributed by atoms with Crippen LogP contribution in [0.4, 0.5) is 0 Å². The number of rotatable bonds is 3. The van der Waals surface area contributed by atoms with Crippen LogP contribution in [0.25, 0.3) is 0 Å². The van der Waals surface area contributed by atoms with Crippen molar-refractivity contribution in [3.8, 4) is 0 Å². The van der Waals surface area contributed by atoms with E-state index in [1.807, 2.05) is 24.3 Å². The number of allylic oxidation sites excluding steroid dienone is 1. The first-order chi connectivity index (χ1) is 7.79. The summed E-state index contributed by atoms with van der Waals surface area (Å²) < 4.78 is -0.360. The molecule has 1 heterocycles. The molecule has 1 nitrogen and oxygen atoms in total. The lowest BCUT2D eigenvalue weighted by Crippen LogP contribution is -2.35. The molecule has 1 saturated heterocycles. The lowest BCUT2D eigenvalue weighted by Gasteiger charge is -2.34. The number of carbonyl (C=O) groups excluding carboxylic acids is 1. The van der Waals surface area contributed by atoms with Crippen LogP contribution in [0.3, 0.4) is 0 Å². The van der Waals surface area contributed by atoms with E-state index in [-0.39, 0.29) is 4.75 Å². The third-order valence-corrected chi connectivity index (χ3v) is 4.63. The molecule has 1 atom stereocenters. The molecule has 1 fully saturated rings. The first kappa shape index (κ1) is 11.5. The molecule has 0 N–H and O–H groups in total. The highest BCUT2D eigenvalue weighted by atomic mass is 32.2. The molecule has 1 aliphatic rings. The van der Waals surface area contributed by atoms with Crippen LogP contribution in [0.15, 0.2) is 43.0 Å². The molecule has 0 spiro atoms. The molecule has 0 bridgehead atoms. The highest BCUT2D eigenvalue weighted by molar-refractivity contribution is 8.01. The van der Waals surface area contributed by atoms with E-state index in [4.69, 9.17) is 0 Å². The second-order valence-corrected chi connectivity index (χ2v) is 5.45. The standard InChI is InChI=1S/C14H16OS/c1-2-10-14(12-7-4-3-5-8-12)13(15)9-6-11-16-14/h2-5,7-8H,1,6,9-11H2. The number of thioether (sulfide) groups is 1. The normalized spacial score (nSPS) is 25.4. The largest absolute Gasteiger partial charge is 0.298 e. The summed E-state index contributed by atoms with van der Waals surface area (Å²) >= 11 is 1.78. The van der Waals surface area contributed by atoms with Crippen LogP contribution in [0.5, 0.6) is 0 Å². The van der Waals surface area contributed by atoms with Crippen LogP contribution in [0.2, 0.25) is 0 Å². The molecule has 0 radical (unpaired) electrons. The third kappa shape index (κ3) is 1.94. The maximum Gasteiger partial charge on any atom is 0.153 e. The van der Waals surface area contributed by atoms with Crippen molar-refractivity contribution in [1.82, 2.24) is 0 Å². The topological polar surface area (TPSA) is 17.1 Å². The van der Waals surface area contributed by atoms with E-state index in [1.54, 1.807) is 11.8 Å². The van der Waals surface area contributed by atoms with Crippen molar-refractivity contribution in [3.05, 3.63) is 48.6 Å². The van der Waals surface area contributed by atoms with Gasteiger partial charge in [-0.2, -0.15) is 0 Å². The summed E-state index contributed by atoms with van der Waals surface area (Å²) in [6.45, 7) is 3.79. The Kier molecular flexibility index (Phi) is 3.49. The van der Waals surface area contributed by atoms with E-state index in [1.165, 1.54) is 0 Å². The molecule has 2 rings (SSSR count). The van der Waals surface area contributed by atoms with Gasteiger partial charge in [-0.05, 0) is 24.2 Å². The molecule has 1 aliphatic heterocycles. The SMILES string of the molecule is C=CCC1(c2ccccc2)SCCCC1=O. The molecular weight excluding hydrogens is 216 g/mol. The minimum absolute atomic E-state index is 0.356. The van der Waals surface area contributed by atoms with Gasteiger partial charge in [0.15, 0.2) is 5.78 Å². The van der Waals surface area contributed by atoms with Gasteiger partial charge in [0, 0.05) is 6.42 Å². The van der Waals surface area contributed by atoms with Crippen molar-refractivity contribution in [2.75, 3.05) is 5.75 Å². The number of hydrogen-bond donors (Lipinski definition) is 0. The number of Topliss-reactive ketones (excluding diaryl/α,β-unsaturated/α-hetero) is 1. The zero-order valence-corrected chi connectivity index (χ0v) is 10.1. The Hall–Kier alpha value is -1.02. The van der Waals surface area contributed by atoms with Gasteiger partial charge in [0.2, 0.25) is 0 Å². The highest BCUT2D eigenvalue weighted by Crippen LogP contribution is 2.45. The molecule has 0 saturated carbocycles. The summed E-state index contributed by atoms with van der Waals surface area (Å²) in [5.41, 5.74) is 1.13. The molecule has 0 aliphatic carbocycles. The quantitative estimate of drug-likeness (QED) is 0.741. The van der Waals surface area contributed by atoms with Crippen molar-refractivity contribution in [2.45, 2.75) is 24.0 Å². The molecule has 84 valence electrons. The highest BCUT2D eigenvalue weighted by Gasteiger charge is 2.40. The van der Waals surface area contributed by atoms with Crippen LogP contribution in [-0.2, 0) is 9.54 Å². The van der Waals surface area contributed by atoms with Gasteiger partial charge >= 0.3 is 0 Å². The summed E-state index contributed by atoms with van der Waals surface area (Å²) in [5.74, 6) is 1.42. The van der Waals surface area contributed by atoms with Crippen LogP contribution in [-0.4, -0.2) is 11.5 Å². The molecule has 0 amide bonds. The first-order valence-corrected chi connectivity index (χ1v) is 6.62. The molecule has 1 unspecified atom stereocenters. The lowest BCUT2D eigenvalue weighted by molar-refractivity contribution is -0.121. The Balaban J connectivity index is 2.41. The van der Waals surface area contributed by atoms with E-state index in [0.29, 0.717) is 12.2 Å². The molecule has 0 aromatic heterocycles. The molecule has 2 heteroatoms. The van der Waals surface area contributed by atoms with E-state index in [2.05, 4.69) is 18.7 Å². The molecule has 16 heavy (non-hydrogen) atoms. The van der Waals surface area contributed by atoms with E-state index in [9.17, 15) is 4.79 Å². The van der Waals surface area contributed by atoms with Crippen molar-refractivity contribution < 1.29 is 4.79 Å². The third-order valence-electron chi connectivity index (χ3n) is 3.02. The van der Waals surface area contributed by atoms with Gasteiger partial charge < -0.3 is 0 Å². The average Bonchev–Trinajstić information content (AvgIpc) is 2.34. The van der Waals surface area contributed by atoms with Gasteiger partial charge in [-0.3, -0.25) is 4.79 Å². The van der Waals surface area contributed by atoms with Gasteiger partial charge in [0.1, 0.15) is 4.75 Å². The van der Waals surface area contributed by atoms with E-state index in [0.717, 1.165) is 24.2 Å². The summed E-state index contributed by atoms with van der Waals surface area (Å²) in [6, 6.07) is 10.1. The van der Waals surface area contributed by atoms with Crippen LogP contribution in [0, 0.1) is 0 Å². The monoisotopic (exact) mass is 232 g/mol. The van der Waals surface area contributed by atoms with Crippen LogP contribution in [0.1, 0.15) is 24.8 Å². The van der Waals surface area contributed by atoms with Gasteiger partial charge in [0.05, 0.1) is 0 Å². The van der Waals surface area contributed by atoms with Crippen molar-refractivity contribution in [1.29, 1.82) is 0 Å². The summed E-state index contributed by atoms with van der Waals surface area (Å²) in [5, 5.41) is 0. The average molecular weight is 232 g/mol. The van der Waals surface area contributed by atoms with Crippen molar-refractivity contribution in [2.24, 2.45) is 0 Å². The second-order valence-electron chi connectivity index (χ2n) is 4.06. The fourth-order valence-corrected chi connectivity index (χ4v) is 3.65. The van der Waals surface area contributed by atoms with Gasteiger partial charge in [-0.1, -0.05) is 36.4 Å². The Morgan fingerprint density at radius 1 is 1.38 bits per heavy atom. The smallest absolute Gasteiger partial charge is 0.153 e. The van der Waals surface area contributed by atoms with Crippen molar-refractivity contribution >= 4 is 17.5 Å². The second kappa shape index (κ2) is 4.88. The summed E-state index contributed by atoms with van der Waals surface area (Å²) in [7, 11) is 0. The number of carbonyl (C=O) groups is 1. The predicted octanol–water partition coefficient (Wildman–Crippen LogP) is 3.55. The minimum Gasteiger partial charge on any atom is -0.298 e. The molecule has 1 aromatic rings. The van der Waals surface area contributed by atoms with Gasteiger partial charge in [-0.25, -0.2) is 0 Å². The number of ketones is 1. The van der Waals surface area contributed by atoms with E-state index < -0.39 is 0 Å². The van der Waals surface area contributed by atoms with Gasteiger partial charge in [0.25, 0.3) is 0 Å². The lowest BCUT2D eigenvalue weighted by atomic mass is 9.88. The summed E-state index contributed by atoms with van der Waals surface area (Å²) in [4.78, 5) is 12.2. The first-order valence-electron chi connectivity index (χ1n) is 5.63. The van der Waals surface area contributed by atoms with Crippen LogP contribution < -0.4 is 0 Å². The Bertz CT molecular complexity index is 385. The fourth-order valence-electron chi connectivity index (χ4n) is 2.21. The zero-order valence-electron chi connectivity index (χ0n) is 9.32. The predicted molar refractivity (Wildman–Crippen MR) is 69.6 cm³/mol. The van der Waals surface area contributed by atoms with E-state index >= 15 is 0 Å². The Labute approximate surface area is 101 Å². The van der Waals surface area contributed by atoms with Crippen molar-refractivity contribution in [3.63, 3.8) is 0 Å². The molecular formula is C14H16OS. The number of benzene rings is 1. The maximum atomic E-state index is 12.2.